The molecule has 0 unspecified atom stereocenters. The summed E-state index contributed by atoms with van der Waals surface area (Å²) in [5.74, 6) is -0.0674. The summed E-state index contributed by atoms with van der Waals surface area (Å²) < 4.78 is 5.73. The van der Waals surface area contributed by atoms with Gasteiger partial charge in [-0.2, -0.15) is 0 Å². The molecule has 3 atom stereocenters. The molecule has 1 fully saturated rings. The minimum absolute atomic E-state index is 0.0100. The fourth-order valence-electron chi connectivity index (χ4n) is 4.76. The lowest BCUT2D eigenvalue weighted by Crippen LogP contribution is -2.57. The zero-order chi connectivity index (χ0) is 24.8. The molecule has 2 heterocycles. The molecule has 0 radical (unpaired) electrons. The maximum absolute atomic E-state index is 14.0. The summed E-state index contributed by atoms with van der Waals surface area (Å²) >= 11 is 0. The van der Waals surface area contributed by atoms with Gasteiger partial charge in [-0.25, -0.2) is 9.78 Å². The molecule has 9 heteroatoms. The number of nitrogens with one attached hydrogen (secondary N) is 3. The standard InChI is InChI=1S/C26H33N5O4/c1-17(27-2)24(32)30-22(18-10-5-3-6-11-18)25(33)31-21(16-19-12-9-15-28-23(19)31)35-26(34)29-20-13-7-4-8-14-20/h4,7-9,12-15,17-18,21-22,27H,3,5-6,10-11,16H2,1-2H3,(H,29,34)(H,30,32)/t17-,21-,22-/m0/s1. The molecule has 4 rings (SSSR count). The van der Waals surface area contributed by atoms with Crippen molar-refractivity contribution in [3.05, 3.63) is 54.2 Å². The van der Waals surface area contributed by atoms with Crippen LogP contribution in [0.25, 0.3) is 0 Å². The van der Waals surface area contributed by atoms with Gasteiger partial charge in [0.1, 0.15) is 11.9 Å². The number of para-hydroxylation sites is 1. The number of rotatable bonds is 7. The van der Waals surface area contributed by atoms with Crippen LogP contribution in [-0.2, 0) is 20.7 Å². The number of benzene rings is 1. The quantitative estimate of drug-likeness (QED) is 0.562. The number of pyridine rings is 1. The Balaban J connectivity index is 1.58. The van der Waals surface area contributed by atoms with Crippen molar-refractivity contribution < 1.29 is 19.1 Å². The lowest BCUT2D eigenvalue weighted by molar-refractivity contribution is -0.131. The first-order valence-electron chi connectivity index (χ1n) is 12.2. The van der Waals surface area contributed by atoms with E-state index in [2.05, 4.69) is 20.9 Å². The van der Waals surface area contributed by atoms with Crippen molar-refractivity contribution in [1.82, 2.24) is 15.6 Å². The predicted molar refractivity (Wildman–Crippen MR) is 133 cm³/mol. The van der Waals surface area contributed by atoms with Crippen molar-refractivity contribution >= 4 is 29.4 Å². The van der Waals surface area contributed by atoms with Crippen LogP contribution in [0.5, 0.6) is 0 Å². The first-order chi connectivity index (χ1) is 17.0. The number of anilines is 2. The fraction of sp³-hybridized carbons (Fsp3) is 0.462. The Morgan fingerprint density at radius 3 is 2.51 bits per heavy atom. The van der Waals surface area contributed by atoms with E-state index in [4.69, 9.17) is 4.74 Å². The van der Waals surface area contributed by atoms with Gasteiger partial charge in [-0.05, 0) is 50.9 Å². The number of nitrogens with zero attached hydrogens (tertiary/aromatic N) is 2. The van der Waals surface area contributed by atoms with Gasteiger partial charge in [-0.1, -0.05) is 43.5 Å². The Bertz CT molecular complexity index is 1040. The monoisotopic (exact) mass is 479 g/mol. The Labute approximate surface area is 205 Å². The van der Waals surface area contributed by atoms with Crippen molar-refractivity contribution in [2.45, 2.75) is 63.8 Å². The van der Waals surface area contributed by atoms with Crippen LogP contribution in [-0.4, -0.2) is 48.3 Å². The number of fused-ring (bicyclic) bond motifs is 1. The first kappa shape index (κ1) is 24.7. The van der Waals surface area contributed by atoms with E-state index in [1.807, 2.05) is 24.3 Å². The van der Waals surface area contributed by atoms with Gasteiger partial charge >= 0.3 is 6.09 Å². The van der Waals surface area contributed by atoms with Gasteiger partial charge in [0, 0.05) is 23.9 Å². The molecule has 35 heavy (non-hydrogen) atoms. The highest BCUT2D eigenvalue weighted by atomic mass is 16.6. The number of aromatic nitrogens is 1. The molecule has 1 aromatic heterocycles. The molecule has 1 aliphatic heterocycles. The molecule has 2 aromatic rings. The predicted octanol–water partition coefficient (Wildman–Crippen LogP) is 3.22. The third kappa shape index (κ3) is 5.79. The molecule has 3 amide bonds. The lowest BCUT2D eigenvalue weighted by Gasteiger charge is -2.35. The summed E-state index contributed by atoms with van der Waals surface area (Å²) in [7, 11) is 1.71. The average Bonchev–Trinajstić information content (AvgIpc) is 3.24. The van der Waals surface area contributed by atoms with Gasteiger partial charge in [0.05, 0.1) is 6.04 Å². The van der Waals surface area contributed by atoms with E-state index in [1.54, 1.807) is 38.4 Å². The molecule has 0 spiro atoms. The van der Waals surface area contributed by atoms with Crippen molar-refractivity contribution in [3.63, 3.8) is 0 Å². The van der Waals surface area contributed by atoms with Crippen LogP contribution in [0, 0.1) is 5.92 Å². The highest BCUT2D eigenvalue weighted by Crippen LogP contribution is 2.34. The summed E-state index contributed by atoms with van der Waals surface area (Å²) in [4.78, 5) is 45.4. The number of carbonyl (C=O) groups excluding carboxylic acids is 3. The Hall–Kier alpha value is -3.46. The van der Waals surface area contributed by atoms with E-state index in [1.165, 1.54) is 4.90 Å². The number of likely N-dealkylation sites (N-methyl/N-ethyl adjacent to an activating group) is 1. The van der Waals surface area contributed by atoms with Crippen LogP contribution in [0.3, 0.4) is 0 Å². The van der Waals surface area contributed by atoms with Crippen LogP contribution < -0.4 is 20.9 Å². The molecule has 1 aromatic carbocycles. The minimum Gasteiger partial charge on any atom is -0.424 e. The molecule has 2 aliphatic rings. The van der Waals surface area contributed by atoms with E-state index in [-0.39, 0.29) is 17.7 Å². The molecule has 9 nitrogen and oxygen atoms in total. The molecular weight excluding hydrogens is 446 g/mol. The van der Waals surface area contributed by atoms with Crippen molar-refractivity contribution in [3.8, 4) is 0 Å². The first-order valence-corrected chi connectivity index (χ1v) is 12.2. The maximum atomic E-state index is 14.0. The maximum Gasteiger partial charge on any atom is 0.413 e. The van der Waals surface area contributed by atoms with E-state index in [0.29, 0.717) is 17.9 Å². The zero-order valence-corrected chi connectivity index (χ0v) is 20.2. The summed E-state index contributed by atoms with van der Waals surface area (Å²) in [6.07, 6.45) is 5.28. The number of amides is 3. The van der Waals surface area contributed by atoms with Crippen molar-refractivity contribution in [2.75, 3.05) is 17.3 Å². The summed E-state index contributed by atoms with van der Waals surface area (Å²) in [6, 6.07) is 11.5. The second-order valence-corrected chi connectivity index (χ2v) is 9.14. The zero-order valence-electron chi connectivity index (χ0n) is 20.2. The van der Waals surface area contributed by atoms with Gasteiger partial charge in [-0.3, -0.25) is 19.8 Å². The third-order valence-corrected chi connectivity index (χ3v) is 6.79. The summed E-state index contributed by atoms with van der Waals surface area (Å²) in [5.41, 5.74) is 1.41. The van der Waals surface area contributed by atoms with Crippen LogP contribution in [0.2, 0.25) is 0 Å². The Morgan fingerprint density at radius 2 is 1.80 bits per heavy atom. The largest absolute Gasteiger partial charge is 0.424 e. The Morgan fingerprint density at radius 1 is 1.06 bits per heavy atom. The summed E-state index contributed by atoms with van der Waals surface area (Å²) in [6.45, 7) is 1.75. The third-order valence-electron chi connectivity index (χ3n) is 6.79. The van der Waals surface area contributed by atoms with Crippen molar-refractivity contribution in [1.29, 1.82) is 0 Å². The Kier molecular flexibility index (Phi) is 7.97. The van der Waals surface area contributed by atoms with Crippen LogP contribution in [0.1, 0.15) is 44.6 Å². The van der Waals surface area contributed by atoms with E-state index < -0.39 is 24.4 Å². The summed E-state index contributed by atoms with van der Waals surface area (Å²) in [5, 5.41) is 8.62. The molecule has 0 saturated heterocycles. The fourth-order valence-corrected chi connectivity index (χ4v) is 4.76. The van der Waals surface area contributed by atoms with Crippen LogP contribution in [0.15, 0.2) is 48.7 Å². The van der Waals surface area contributed by atoms with E-state index >= 15 is 0 Å². The normalized spacial score (nSPS) is 19.4. The number of ether oxygens (including phenoxy) is 1. The smallest absolute Gasteiger partial charge is 0.413 e. The number of carbonyl (C=O) groups is 3. The molecule has 1 aliphatic carbocycles. The van der Waals surface area contributed by atoms with Gasteiger partial charge in [0.2, 0.25) is 5.91 Å². The molecule has 0 bridgehead atoms. The number of hydrogen-bond acceptors (Lipinski definition) is 6. The molecular formula is C26H33N5O4. The SMILES string of the molecule is CN[C@@H](C)C(=O)N[C@H](C(=O)N1c2ncccc2C[C@@H]1OC(=O)Nc1ccccc1)C1CCCCC1. The number of hydrogen-bond donors (Lipinski definition) is 3. The van der Waals surface area contributed by atoms with E-state index in [0.717, 1.165) is 37.7 Å². The van der Waals surface area contributed by atoms with Crippen LogP contribution >= 0.6 is 0 Å². The molecule has 1 saturated carbocycles. The lowest BCUT2D eigenvalue weighted by atomic mass is 9.83. The van der Waals surface area contributed by atoms with Gasteiger partial charge in [-0.15, -0.1) is 0 Å². The molecule has 3 N–H and O–H groups in total. The second kappa shape index (κ2) is 11.3. The van der Waals surface area contributed by atoms with E-state index in [9.17, 15) is 14.4 Å². The highest BCUT2D eigenvalue weighted by molar-refractivity contribution is 6.01. The highest BCUT2D eigenvalue weighted by Gasteiger charge is 2.43. The average molecular weight is 480 g/mol. The van der Waals surface area contributed by atoms with Crippen LogP contribution in [0.4, 0.5) is 16.3 Å². The minimum atomic E-state index is -0.860. The van der Waals surface area contributed by atoms with Crippen molar-refractivity contribution in [2.24, 2.45) is 5.92 Å². The van der Waals surface area contributed by atoms with Gasteiger partial charge in [0.15, 0.2) is 6.23 Å². The topological polar surface area (TPSA) is 113 Å². The van der Waals surface area contributed by atoms with Gasteiger partial charge < -0.3 is 15.4 Å². The van der Waals surface area contributed by atoms with Gasteiger partial charge in [0.25, 0.3) is 5.91 Å². The second-order valence-electron chi connectivity index (χ2n) is 9.14. The molecule has 186 valence electrons.